The number of nitrogens with zero attached hydrogens (tertiary/aromatic N) is 3. The molecule has 2 heterocycles. The minimum absolute atomic E-state index is 0.156. The first-order valence-electron chi connectivity index (χ1n) is 11.6. The van der Waals surface area contributed by atoms with E-state index in [9.17, 15) is 18.5 Å². The molecule has 0 aliphatic carbocycles. The highest BCUT2D eigenvalue weighted by molar-refractivity contribution is 7.90. The number of rotatable bonds is 7. The van der Waals surface area contributed by atoms with Crippen LogP contribution in [0.4, 0.5) is 0 Å². The Hall–Kier alpha value is -2.44. The van der Waals surface area contributed by atoms with Crippen LogP contribution >= 0.6 is 0 Å². The van der Waals surface area contributed by atoms with Gasteiger partial charge in [-0.25, -0.2) is 8.42 Å². The van der Waals surface area contributed by atoms with Crippen LogP contribution in [0.3, 0.4) is 0 Å². The number of amidine groups is 1. The molecule has 1 aromatic rings. The van der Waals surface area contributed by atoms with Gasteiger partial charge in [0, 0.05) is 24.7 Å². The Morgan fingerprint density at radius 3 is 2.58 bits per heavy atom. The van der Waals surface area contributed by atoms with Crippen LogP contribution in [-0.4, -0.2) is 55.8 Å². The fraction of sp³-hybridized carbons (Fsp3) is 0.625. The number of nitriles is 1. The van der Waals surface area contributed by atoms with Gasteiger partial charge in [-0.15, -0.1) is 0 Å². The average Bonchev–Trinajstić information content (AvgIpc) is 3.27. The molecule has 0 saturated carbocycles. The number of fused-ring (bicyclic) bond motifs is 1. The lowest BCUT2D eigenvalue weighted by atomic mass is 9.87. The molecule has 180 valence electrons. The van der Waals surface area contributed by atoms with Crippen molar-refractivity contribution in [1.82, 2.24) is 14.9 Å². The summed E-state index contributed by atoms with van der Waals surface area (Å²) < 4.78 is 27.5. The Morgan fingerprint density at radius 1 is 1.30 bits per heavy atom. The Bertz CT molecular complexity index is 1070. The van der Waals surface area contributed by atoms with Gasteiger partial charge in [0.25, 0.3) is 10.0 Å². The normalized spacial score (nSPS) is 24.3. The van der Waals surface area contributed by atoms with Gasteiger partial charge >= 0.3 is 0 Å². The number of hydrogen-bond donors (Lipinski definition) is 2. The molecule has 0 spiro atoms. The molecule has 33 heavy (non-hydrogen) atoms. The highest BCUT2D eigenvalue weighted by Gasteiger charge is 2.43. The zero-order valence-corrected chi connectivity index (χ0v) is 21.0. The Kier molecular flexibility index (Phi) is 7.20. The lowest BCUT2D eigenvalue weighted by molar-refractivity contribution is -0.124. The molecule has 2 aliphatic rings. The molecular formula is C24H35N5O3S. The average molecular weight is 474 g/mol. The van der Waals surface area contributed by atoms with E-state index in [1.54, 1.807) is 18.2 Å². The number of aliphatic imine (C=N–C) groups is 1. The topological polar surface area (TPSA) is 115 Å². The van der Waals surface area contributed by atoms with E-state index in [1.165, 1.54) is 6.07 Å². The molecule has 1 amide bonds. The number of sulfonamides is 1. The summed E-state index contributed by atoms with van der Waals surface area (Å²) in [6.45, 7) is 11.5. The largest absolute Gasteiger partial charge is 0.335 e. The molecule has 2 unspecified atom stereocenters. The van der Waals surface area contributed by atoms with Crippen LogP contribution in [0.1, 0.15) is 65.9 Å². The maximum absolute atomic E-state index is 13.5. The number of carbonyl (C=O) groups excluding carboxylic acids is 1. The Balaban J connectivity index is 1.89. The predicted octanol–water partition coefficient (Wildman–Crippen LogP) is 2.80. The second-order valence-corrected chi connectivity index (χ2v) is 11.9. The predicted molar refractivity (Wildman–Crippen MR) is 128 cm³/mol. The minimum Gasteiger partial charge on any atom is -0.335 e. The van der Waals surface area contributed by atoms with E-state index in [-0.39, 0.29) is 22.1 Å². The SMILES string of the molecule is CCC(CC)N1CCC(C#N)(NC(=O)C(CC(C)(C)C)N=C2NS(=O)(=O)c3ccccc32)C1. The Morgan fingerprint density at radius 2 is 1.97 bits per heavy atom. The van der Waals surface area contributed by atoms with Crippen molar-refractivity contribution < 1.29 is 13.2 Å². The lowest BCUT2D eigenvalue weighted by Gasteiger charge is -2.30. The van der Waals surface area contributed by atoms with Gasteiger partial charge in [0.1, 0.15) is 17.4 Å². The smallest absolute Gasteiger partial charge is 0.263 e. The van der Waals surface area contributed by atoms with Gasteiger partial charge in [0.2, 0.25) is 5.91 Å². The van der Waals surface area contributed by atoms with Crippen LogP contribution < -0.4 is 10.0 Å². The van der Waals surface area contributed by atoms with Crippen molar-refractivity contribution in [3.8, 4) is 6.07 Å². The molecule has 0 aromatic heterocycles. The molecule has 9 heteroatoms. The summed E-state index contributed by atoms with van der Waals surface area (Å²) in [5.74, 6) is -0.181. The highest BCUT2D eigenvalue weighted by atomic mass is 32.2. The van der Waals surface area contributed by atoms with Crippen LogP contribution in [0.2, 0.25) is 0 Å². The molecule has 2 aliphatic heterocycles. The Labute approximate surface area is 197 Å². The van der Waals surface area contributed by atoms with E-state index in [4.69, 9.17) is 0 Å². The van der Waals surface area contributed by atoms with Crippen LogP contribution in [-0.2, 0) is 14.8 Å². The van der Waals surface area contributed by atoms with Gasteiger partial charge in [0.05, 0.1) is 11.0 Å². The second-order valence-electron chi connectivity index (χ2n) is 10.2. The van der Waals surface area contributed by atoms with Gasteiger partial charge in [0.15, 0.2) is 0 Å². The van der Waals surface area contributed by atoms with E-state index in [0.29, 0.717) is 31.0 Å². The molecule has 0 radical (unpaired) electrons. The molecule has 2 atom stereocenters. The number of hydrogen-bond acceptors (Lipinski definition) is 6. The molecule has 8 nitrogen and oxygen atoms in total. The summed E-state index contributed by atoms with van der Waals surface area (Å²) in [6, 6.07) is 8.50. The lowest BCUT2D eigenvalue weighted by Crippen LogP contribution is -2.53. The molecule has 2 N–H and O–H groups in total. The number of carbonyl (C=O) groups is 1. The maximum Gasteiger partial charge on any atom is 0.263 e. The van der Waals surface area contributed by atoms with Crippen molar-refractivity contribution in [2.75, 3.05) is 13.1 Å². The van der Waals surface area contributed by atoms with Crippen molar-refractivity contribution >= 4 is 21.8 Å². The van der Waals surface area contributed by atoms with Crippen molar-refractivity contribution in [3.63, 3.8) is 0 Å². The van der Waals surface area contributed by atoms with Crippen LogP contribution in [0.5, 0.6) is 0 Å². The van der Waals surface area contributed by atoms with E-state index >= 15 is 0 Å². The van der Waals surface area contributed by atoms with E-state index < -0.39 is 21.6 Å². The number of likely N-dealkylation sites (tertiary alicyclic amines) is 1. The molecule has 1 saturated heterocycles. The summed E-state index contributed by atoms with van der Waals surface area (Å²) in [5, 5.41) is 13.0. The third-order valence-corrected chi connectivity index (χ3v) is 7.79. The first kappa shape index (κ1) is 25.2. The molecule has 1 aromatic carbocycles. The van der Waals surface area contributed by atoms with E-state index in [2.05, 4.69) is 39.8 Å². The quantitative estimate of drug-likeness (QED) is 0.632. The minimum atomic E-state index is -3.70. The number of benzene rings is 1. The second kappa shape index (κ2) is 9.43. The third-order valence-electron chi connectivity index (χ3n) is 6.39. The first-order chi connectivity index (χ1) is 15.4. The molecular weight excluding hydrogens is 438 g/mol. The fourth-order valence-electron chi connectivity index (χ4n) is 4.66. The zero-order chi connectivity index (χ0) is 24.4. The van der Waals surface area contributed by atoms with E-state index in [0.717, 1.165) is 19.4 Å². The van der Waals surface area contributed by atoms with Gasteiger partial charge in [-0.05, 0) is 43.2 Å². The number of amides is 1. The third kappa shape index (κ3) is 5.56. The van der Waals surface area contributed by atoms with Gasteiger partial charge in [-0.1, -0.05) is 46.8 Å². The van der Waals surface area contributed by atoms with Crippen molar-refractivity contribution in [2.45, 2.75) is 82.8 Å². The van der Waals surface area contributed by atoms with E-state index in [1.807, 2.05) is 20.8 Å². The monoisotopic (exact) mass is 473 g/mol. The summed E-state index contributed by atoms with van der Waals surface area (Å²) >= 11 is 0. The van der Waals surface area contributed by atoms with Crippen molar-refractivity contribution in [3.05, 3.63) is 29.8 Å². The first-order valence-corrected chi connectivity index (χ1v) is 13.1. The van der Waals surface area contributed by atoms with Gasteiger partial charge in [-0.3, -0.25) is 19.4 Å². The van der Waals surface area contributed by atoms with Crippen molar-refractivity contribution in [1.29, 1.82) is 5.26 Å². The molecule has 0 bridgehead atoms. The maximum atomic E-state index is 13.5. The standard InChI is InChI=1S/C24H35N5O3S/c1-6-17(7-2)29-13-12-24(15-25,16-29)27-22(30)19(14-23(3,4)5)26-21-18-10-8-9-11-20(18)33(31,32)28-21/h8-11,17,19H,6-7,12-14,16H2,1-5H3,(H,26,28)(H,27,30). The van der Waals surface area contributed by atoms with Crippen LogP contribution in [0.15, 0.2) is 34.2 Å². The summed E-state index contributed by atoms with van der Waals surface area (Å²) in [5.41, 5.74) is -0.747. The van der Waals surface area contributed by atoms with Crippen molar-refractivity contribution in [2.24, 2.45) is 10.4 Å². The molecule has 1 fully saturated rings. The molecule has 3 rings (SSSR count). The van der Waals surface area contributed by atoms with Gasteiger partial charge in [-0.2, -0.15) is 5.26 Å². The van der Waals surface area contributed by atoms with Gasteiger partial charge < -0.3 is 5.32 Å². The highest BCUT2D eigenvalue weighted by Crippen LogP contribution is 2.29. The zero-order valence-electron chi connectivity index (χ0n) is 20.2. The van der Waals surface area contributed by atoms with Crippen LogP contribution in [0.25, 0.3) is 0 Å². The fourth-order valence-corrected chi connectivity index (χ4v) is 5.90. The number of nitrogens with one attached hydrogen (secondary N) is 2. The summed E-state index contributed by atoms with van der Waals surface area (Å²) in [7, 11) is -3.70. The van der Waals surface area contributed by atoms with Crippen LogP contribution in [0, 0.1) is 16.7 Å². The summed E-state index contributed by atoms with van der Waals surface area (Å²) in [4.78, 5) is 20.5. The summed E-state index contributed by atoms with van der Waals surface area (Å²) in [6.07, 6.45) is 2.95.